The number of carbonyl (C=O) groups is 1. The predicted molar refractivity (Wildman–Crippen MR) is 111 cm³/mol. The number of hydrogen-bond donors (Lipinski definition) is 0. The van der Waals surface area contributed by atoms with Crippen LogP contribution in [0.1, 0.15) is 19.4 Å². The predicted octanol–water partition coefficient (Wildman–Crippen LogP) is 3.56. The van der Waals surface area contributed by atoms with E-state index in [0.717, 1.165) is 11.8 Å². The summed E-state index contributed by atoms with van der Waals surface area (Å²) in [5, 5.41) is 0. The van der Waals surface area contributed by atoms with E-state index >= 15 is 0 Å². The van der Waals surface area contributed by atoms with Gasteiger partial charge in [-0.25, -0.2) is 8.42 Å². The Morgan fingerprint density at radius 1 is 1.00 bits per heavy atom. The summed E-state index contributed by atoms with van der Waals surface area (Å²) < 4.78 is 33.7. The molecule has 2 rings (SSSR count). The molecule has 0 spiro atoms. The maximum absolute atomic E-state index is 12.8. The minimum Gasteiger partial charge on any atom is -0.493 e. The highest BCUT2D eigenvalue weighted by atomic mass is 32.2. The lowest BCUT2D eigenvalue weighted by molar-refractivity contribution is -0.114. The van der Waals surface area contributed by atoms with Crippen molar-refractivity contribution in [3.8, 4) is 11.5 Å². The number of sulfone groups is 1. The molecule has 0 saturated carbocycles. The molecule has 0 N–H and O–H groups in total. The highest BCUT2D eigenvalue weighted by Crippen LogP contribution is 2.28. The van der Waals surface area contributed by atoms with E-state index in [1.807, 2.05) is 19.9 Å². The van der Waals surface area contributed by atoms with Crippen molar-refractivity contribution >= 4 is 27.5 Å². The Kier molecular flexibility index (Phi) is 6.85. The highest BCUT2D eigenvalue weighted by Gasteiger charge is 2.18. The summed E-state index contributed by atoms with van der Waals surface area (Å²) in [7, 11) is -0.169. The zero-order valence-electron chi connectivity index (χ0n) is 16.7. The van der Waals surface area contributed by atoms with Gasteiger partial charge in [0.2, 0.25) is 0 Å². The topological polar surface area (TPSA) is 72.9 Å². The third kappa shape index (κ3) is 5.13. The zero-order valence-corrected chi connectivity index (χ0v) is 17.5. The Balaban J connectivity index is 2.27. The number of methoxy groups -OCH3 is 2. The van der Waals surface area contributed by atoms with Crippen LogP contribution in [0.2, 0.25) is 0 Å². The Bertz CT molecular complexity index is 963. The number of rotatable bonds is 7. The molecule has 1 amide bonds. The summed E-state index contributed by atoms with van der Waals surface area (Å²) in [6, 6.07) is 11.6. The van der Waals surface area contributed by atoms with Gasteiger partial charge in [-0.15, -0.1) is 0 Å². The normalized spacial score (nSPS) is 11.6. The van der Waals surface area contributed by atoms with Crippen LogP contribution in [0.15, 0.2) is 53.4 Å². The maximum Gasteiger partial charge on any atom is 0.251 e. The Labute approximate surface area is 166 Å². The number of ether oxygens (including phenoxy) is 2. The van der Waals surface area contributed by atoms with Crippen molar-refractivity contribution in [3.63, 3.8) is 0 Å². The number of amides is 1. The van der Waals surface area contributed by atoms with Gasteiger partial charge in [-0.1, -0.05) is 6.07 Å². The fourth-order valence-corrected chi connectivity index (χ4v) is 3.37. The third-order valence-electron chi connectivity index (χ3n) is 4.12. The van der Waals surface area contributed by atoms with Crippen molar-refractivity contribution in [2.45, 2.75) is 24.8 Å². The van der Waals surface area contributed by atoms with E-state index in [1.54, 1.807) is 49.5 Å². The van der Waals surface area contributed by atoms with Crippen molar-refractivity contribution < 1.29 is 22.7 Å². The van der Waals surface area contributed by atoms with Crippen LogP contribution in [0.25, 0.3) is 6.08 Å². The van der Waals surface area contributed by atoms with Gasteiger partial charge in [0.05, 0.1) is 19.1 Å². The number of nitrogens with zero attached hydrogens (tertiary/aromatic N) is 1. The molecule has 0 fully saturated rings. The van der Waals surface area contributed by atoms with Crippen molar-refractivity contribution in [2.24, 2.45) is 0 Å². The molecule has 0 aliphatic heterocycles. The molecule has 0 unspecified atom stereocenters. The number of carbonyl (C=O) groups excluding carboxylic acids is 1. The standard InChI is InChI=1S/C21H25NO5S/c1-15(2)22(17-8-10-18(11-9-17)28(5,24)25)21(23)13-7-16-6-12-19(26-3)20(14-16)27-4/h6-15H,1-5H3/b13-7+. The first kappa shape index (κ1) is 21.5. The van der Waals surface area contributed by atoms with Gasteiger partial charge in [0.15, 0.2) is 21.3 Å². The number of anilines is 1. The largest absolute Gasteiger partial charge is 0.493 e. The summed E-state index contributed by atoms with van der Waals surface area (Å²) in [4.78, 5) is 14.6. The van der Waals surface area contributed by atoms with E-state index < -0.39 is 9.84 Å². The van der Waals surface area contributed by atoms with E-state index in [0.29, 0.717) is 17.2 Å². The second-order valence-corrected chi connectivity index (χ2v) is 8.53. The highest BCUT2D eigenvalue weighted by molar-refractivity contribution is 7.90. The maximum atomic E-state index is 12.8. The average Bonchev–Trinajstić information content (AvgIpc) is 2.65. The molecule has 0 radical (unpaired) electrons. The second kappa shape index (κ2) is 8.93. The van der Waals surface area contributed by atoms with Crippen LogP contribution in [0.4, 0.5) is 5.69 Å². The summed E-state index contributed by atoms with van der Waals surface area (Å²) in [5.41, 5.74) is 1.42. The van der Waals surface area contributed by atoms with E-state index in [9.17, 15) is 13.2 Å². The van der Waals surface area contributed by atoms with Crippen molar-refractivity contribution in [3.05, 3.63) is 54.1 Å². The van der Waals surface area contributed by atoms with Crippen LogP contribution in [0.3, 0.4) is 0 Å². The summed E-state index contributed by atoms with van der Waals surface area (Å²) >= 11 is 0. The lowest BCUT2D eigenvalue weighted by Crippen LogP contribution is -2.35. The third-order valence-corrected chi connectivity index (χ3v) is 5.25. The van der Waals surface area contributed by atoms with Crippen molar-refractivity contribution in [2.75, 3.05) is 25.4 Å². The van der Waals surface area contributed by atoms with Crippen LogP contribution < -0.4 is 14.4 Å². The molecule has 0 aliphatic rings. The first-order valence-electron chi connectivity index (χ1n) is 8.70. The lowest BCUT2D eigenvalue weighted by Gasteiger charge is -2.25. The van der Waals surface area contributed by atoms with E-state index in [1.165, 1.54) is 18.2 Å². The fraction of sp³-hybridized carbons (Fsp3) is 0.286. The lowest BCUT2D eigenvalue weighted by atomic mass is 10.1. The monoisotopic (exact) mass is 403 g/mol. The van der Waals surface area contributed by atoms with E-state index in [-0.39, 0.29) is 16.8 Å². The number of hydrogen-bond acceptors (Lipinski definition) is 5. The molecule has 7 heteroatoms. The molecule has 0 atom stereocenters. The second-order valence-electron chi connectivity index (χ2n) is 6.52. The van der Waals surface area contributed by atoms with Crippen LogP contribution in [-0.4, -0.2) is 40.8 Å². The fourth-order valence-electron chi connectivity index (χ4n) is 2.74. The quantitative estimate of drug-likeness (QED) is 0.661. The molecule has 6 nitrogen and oxygen atoms in total. The molecular weight excluding hydrogens is 378 g/mol. The molecule has 0 heterocycles. The van der Waals surface area contributed by atoms with Gasteiger partial charge >= 0.3 is 0 Å². The Morgan fingerprint density at radius 2 is 1.61 bits per heavy atom. The minimum absolute atomic E-state index is 0.105. The molecule has 0 saturated heterocycles. The number of benzene rings is 2. The first-order valence-corrected chi connectivity index (χ1v) is 10.6. The van der Waals surface area contributed by atoms with Crippen LogP contribution in [0, 0.1) is 0 Å². The summed E-state index contributed by atoms with van der Waals surface area (Å²) in [6.45, 7) is 3.79. The van der Waals surface area contributed by atoms with Gasteiger partial charge < -0.3 is 14.4 Å². The molecular formula is C21H25NO5S. The zero-order chi connectivity index (χ0) is 20.9. The van der Waals surface area contributed by atoms with E-state index in [2.05, 4.69) is 0 Å². The van der Waals surface area contributed by atoms with Crippen molar-refractivity contribution in [1.29, 1.82) is 0 Å². The smallest absolute Gasteiger partial charge is 0.251 e. The van der Waals surface area contributed by atoms with Gasteiger partial charge in [0.1, 0.15) is 0 Å². The summed E-state index contributed by atoms with van der Waals surface area (Å²) in [5.74, 6) is 0.979. The molecule has 2 aromatic rings. The van der Waals surface area contributed by atoms with Gasteiger partial charge in [-0.3, -0.25) is 4.79 Å². The van der Waals surface area contributed by atoms with Gasteiger partial charge in [0, 0.05) is 24.1 Å². The molecule has 2 aromatic carbocycles. The van der Waals surface area contributed by atoms with Gasteiger partial charge in [0.25, 0.3) is 5.91 Å². The Hall–Kier alpha value is -2.80. The van der Waals surface area contributed by atoms with Crippen molar-refractivity contribution in [1.82, 2.24) is 0 Å². The minimum atomic E-state index is -3.28. The average molecular weight is 404 g/mol. The Morgan fingerprint density at radius 3 is 2.11 bits per heavy atom. The first-order chi connectivity index (χ1) is 13.2. The molecule has 28 heavy (non-hydrogen) atoms. The molecule has 0 aliphatic carbocycles. The molecule has 0 bridgehead atoms. The SMILES string of the molecule is COc1ccc(/C=C/C(=O)N(c2ccc(S(C)(=O)=O)cc2)C(C)C)cc1OC. The van der Waals surface area contributed by atoms with E-state index in [4.69, 9.17) is 9.47 Å². The summed E-state index contributed by atoms with van der Waals surface area (Å²) in [6.07, 6.45) is 4.33. The van der Waals surface area contributed by atoms with Crippen LogP contribution >= 0.6 is 0 Å². The van der Waals surface area contributed by atoms with Crippen LogP contribution in [-0.2, 0) is 14.6 Å². The molecule has 150 valence electrons. The van der Waals surface area contributed by atoms with Gasteiger partial charge in [-0.2, -0.15) is 0 Å². The van der Waals surface area contributed by atoms with Crippen LogP contribution in [0.5, 0.6) is 11.5 Å². The molecule has 0 aromatic heterocycles. The van der Waals surface area contributed by atoms with Gasteiger partial charge in [-0.05, 0) is 61.9 Å².